The van der Waals surface area contributed by atoms with Crippen molar-refractivity contribution >= 4 is 23.3 Å². The summed E-state index contributed by atoms with van der Waals surface area (Å²) in [5, 5.41) is 4.31. The predicted octanol–water partition coefficient (Wildman–Crippen LogP) is 2.42. The lowest BCUT2D eigenvalue weighted by Crippen LogP contribution is -2.30. The average Bonchev–Trinajstić information content (AvgIpc) is 2.85. The molecule has 3 heterocycles. The zero-order valence-electron chi connectivity index (χ0n) is 13.2. The lowest BCUT2D eigenvalue weighted by atomic mass is 10.1. The van der Waals surface area contributed by atoms with Crippen molar-refractivity contribution in [2.24, 2.45) is 0 Å². The molecular weight excluding hydrogens is 308 g/mol. The van der Waals surface area contributed by atoms with E-state index in [9.17, 15) is 0 Å². The number of para-hydroxylation sites is 2. The molecule has 0 radical (unpaired) electrons. The zero-order valence-corrected chi connectivity index (χ0v) is 14.0. The highest BCUT2D eigenvalue weighted by Gasteiger charge is 2.25. The Labute approximate surface area is 140 Å². The van der Waals surface area contributed by atoms with E-state index in [4.69, 9.17) is 14.7 Å². The molecule has 0 saturated carbocycles. The van der Waals surface area contributed by atoms with Crippen LogP contribution in [0.4, 0.5) is 11.5 Å². The molecule has 0 bridgehead atoms. The first-order valence-corrected chi connectivity index (χ1v) is 9.23. The van der Waals surface area contributed by atoms with Crippen molar-refractivity contribution in [3.8, 4) is 5.75 Å². The van der Waals surface area contributed by atoms with Gasteiger partial charge in [0, 0.05) is 18.5 Å². The second-order valence-corrected chi connectivity index (χ2v) is 6.45. The number of ether oxygens (including phenoxy) is 1. The third-order valence-electron chi connectivity index (χ3n) is 4.31. The topological polar surface area (TPSA) is 50.3 Å². The van der Waals surface area contributed by atoms with Crippen LogP contribution in [0, 0.1) is 0 Å². The second-order valence-electron chi connectivity index (χ2n) is 5.68. The van der Waals surface area contributed by atoms with Crippen molar-refractivity contribution < 1.29 is 4.74 Å². The van der Waals surface area contributed by atoms with Gasteiger partial charge in [0.1, 0.15) is 18.2 Å². The number of rotatable bonds is 2. The van der Waals surface area contributed by atoms with Crippen molar-refractivity contribution in [3.63, 3.8) is 0 Å². The molecule has 0 fully saturated rings. The van der Waals surface area contributed by atoms with Gasteiger partial charge < -0.3 is 15.0 Å². The molecule has 2 aromatic rings. The Morgan fingerprint density at radius 3 is 2.96 bits per heavy atom. The summed E-state index contributed by atoms with van der Waals surface area (Å²) in [4.78, 5) is 11.9. The van der Waals surface area contributed by atoms with Crippen LogP contribution in [0.2, 0.25) is 0 Å². The number of thioether (sulfide) groups is 1. The molecular formula is C17H20N4OS. The largest absolute Gasteiger partial charge is 0.490 e. The minimum atomic E-state index is 0.683. The minimum absolute atomic E-state index is 0.683. The van der Waals surface area contributed by atoms with E-state index in [0.29, 0.717) is 6.61 Å². The molecule has 120 valence electrons. The normalized spacial score (nSPS) is 17.0. The van der Waals surface area contributed by atoms with Crippen LogP contribution in [-0.4, -0.2) is 42.5 Å². The maximum atomic E-state index is 5.80. The van der Waals surface area contributed by atoms with E-state index in [0.717, 1.165) is 54.9 Å². The molecule has 0 unspecified atom stereocenters. The number of benzene rings is 1. The van der Waals surface area contributed by atoms with E-state index in [-0.39, 0.29) is 0 Å². The molecule has 0 atom stereocenters. The molecule has 1 N–H and O–H groups in total. The first-order chi connectivity index (χ1) is 11.4. The molecule has 0 spiro atoms. The third-order valence-corrected chi connectivity index (χ3v) is 4.86. The highest BCUT2D eigenvalue weighted by molar-refractivity contribution is 7.98. The Bertz CT molecular complexity index is 722. The van der Waals surface area contributed by atoms with Crippen LogP contribution in [0.25, 0.3) is 0 Å². The number of anilines is 2. The lowest BCUT2D eigenvalue weighted by Gasteiger charge is -2.32. The van der Waals surface area contributed by atoms with Crippen molar-refractivity contribution in [2.75, 3.05) is 37.4 Å². The van der Waals surface area contributed by atoms with Gasteiger partial charge >= 0.3 is 0 Å². The molecule has 4 rings (SSSR count). The van der Waals surface area contributed by atoms with Gasteiger partial charge in [-0.05, 0) is 31.4 Å². The van der Waals surface area contributed by atoms with Gasteiger partial charge in [-0.1, -0.05) is 23.9 Å². The van der Waals surface area contributed by atoms with Gasteiger partial charge in [-0.25, -0.2) is 9.97 Å². The number of aromatic nitrogens is 2. The standard InChI is InChI=1S/C17H20N4OS/c1-23-17-19-13-7-9-18-8-6-12(13)16(20-17)21-10-11-22-15-5-3-2-4-14(15)21/h2-5,18H,6-11H2,1H3. The highest BCUT2D eigenvalue weighted by atomic mass is 32.2. The Kier molecular flexibility index (Phi) is 4.10. The summed E-state index contributed by atoms with van der Waals surface area (Å²) in [7, 11) is 0. The first kappa shape index (κ1) is 14.8. The smallest absolute Gasteiger partial charge is 0.189 e. The fourth-order valence-corrected chi connectivity index (χ4v) is 3.59. The molecule has 1 aromatic carbocycles. The molecule has 6 heteroatoms. The number of nitrogens with zero attached hydrogens (tertiary/aromatic N) is 3. The van der Waals surface area contributed by atoms with Crippen molar-refractivity contribution in [1.82, 2.24) is 15.3 Å². The van der Waals surface area contributed by atoms with E-state index in [1.54, 1.807) is 11.8 Å². The fraction of sp³-hybridized carbons (Fsp3) is 0.412. The molecule has 23 heavy (non-hydrogen) atoms. The maximum absolute atomic E-state index is 5.80. The second kappa shape index (κ2) is 6.37. The maximum Gasteiger partial charge on any atom is 0.189 e. The molecule has 0 saturated heterocycles. The summed E-state index contributed by atoms with van der Waals surface area (Å²) in [6.45, 7) is 3.47. The third kappa shape index (κ3) is 2.77. The van der Waals surface area contributed by atoms with E-state index in [1.165, 1.54) is 11.3 Å². The number of hydrogen-bond acceptors (Lipinski definition) is 6. The van der Waals surface area contributed by atoms with Gasteiger partial charge in [-0.15, -0.1) is 0 Å². The summed E-state index contributed by atoms with van der Waals surface area (Å²) < 4.78 is 5.80. The Morgan fingerprint density at radius 1 is 1.17 bits per heavy atom. The number of fused-ring (bicyclic) bond motifs is 2. The molecule has 1 aromatic heterocycles. The Balaban J connectivity index is 1.85. The van der Waals surface area contributed by atoms with Gasteiger partial charge in [0.15, 0.2) is 5.16 Å². The van der Waals surface area contributed by atoms with Crippen LogP contribution in [-0.2, 0) is 12.8 Å². The van der Waals surface area contributed by atoms with E-state index >= 15 is 0 Å². The number of nitrogens with one attached hydrogen (secondary N) is 1. The highest BCUT2D eigenvalue weighted by Crippen LogP contribution is 2.38. The van der Waals surface area contributed by atoms with Crippen LogP contribution in [0.3, 0.4) is 0 Å². The summed E-state index contributed by atoms with van der Waals surface area (Å²) in [6.07, 6.45) is 3.97. The van der Waals surface area contributed by atoms with Crippen LogP contribution >= 0.6 is 11.8 Å². The summed E-state index contributed by atoms with van der Waals surface area (Å²) in [6, 6.07) is 8.20. The zero-order chi connectivity index (χ0) is 15.6. The van der Waals surface area contributed by atoms with Crippen molar-refractivity contribution in [2.45, 2.75) is 18.0 Å². The predicted molar refractivity (Wildman–Crippen MR) is 93.0 cm³/mol. The molecule has 2 aliphatic rings. The van der Waals surface area contributed by atoms with Gasteiger partial charge in [0.2, 0.25) is 0 Å². The lowest BCUT2D eigenvalue weighted by molar-refractivity contribution is 0.313. The Hall–Kier alpha value is -1.79. The summed E-state index contributed by atoms with van der Waals surface area (Å²) in [5.74, 6) is 1.99. The molecule has 0 aliphatic carbocycles. The van der Waals surface area contributed by atoms with Gasteiger partial charge in [-0.2, -0.15) is 0 Å². The van der Waals surface area contributed by atoms with Crippen molar-refractivity contribution in [1.29, 1.82) is 0 Å². The summed E-state index contributed by atoms with van der Waals surface area (Å²) >= 11 is 1.61. The van der Waals surface area contributed by atoms with E-state index in [2.05, 4.69) is 22.3 Å². The molecule has 0 amide bonds. The fourth-order valence-electron chi connectivity index (χ4n) is 3.21. The minimum Gasteiger partial charge on any atom is -0.490 e. The SMILES string of the molecule is CSc1nc2c(c(N3CCOc4ccccc43)n1)CCNCC2. The Morgan fingerprint density at radius 2 is 2.04 bits per heavy atom. The van der Waals surface area contributed by atoms with Gasteiger partial charge in [0.25, 0.3) is 0 Å². The van der Waals surface area contributed by atoms with Crippen molar-refractivity contribution in [3.05, 3.63) is 35.5 Å². The molecule has 5 nitrogen and oxygen atoms in total. The van der Waals surface area contributed by atoms with Crippen LogP contribution < -0.4 is 15.0 Å². The summed E-state index contributed by atoms with van der Waals surface area (Å²) in [5.41, 5.74) is 3.57. The average molecular weight is 328 g/mol. The van der Waals surface area contributed by atoms with Crippen LogP contribution in [0.15, 0.2) is 29.4 Å². The van der Waals surface area contributed by atoms with Crippen LogP contribution in [0.5, 0.6) is 5.75 Å². The van der Waals surface area contributed by atoms with Crippen LogP contribution in [0.1, 0.15) is 11.3 Å². The monoisotopic (exact) mass is 328 g/mol. The van der Waals surface area contributed by atoms with Gasteiger partial charge in [-0.3, -0.25) is 0 Å². The quantitative estimate of drug-likeness (QED) is 0.675. The first-order valence-electron chi connectivity index (χ1n) is 8.00. The van der Waals surface area contributed by atoms with Gasteiger partial charge in [0.05, 0.1) is 17.9 Å². The molecule has 2 aliphatic heterocycles. The number of hydrogen-bond donors (Lipinski definition) is 1. The van der Waals surface area contributed by atoms with E-state index < -0.39 is 0 Å². The van der Waals surface area contributed by atoms with E-state index in [1.807, 2.05) is 18.4 Å².